The molecule has 0 aromatic heterocycles. The van der Waals surface area contributed by atoms with E-state index in [4.69, 9.17) is 0 Å². The molecule has 1 heterocycles. The SMILES string of the molecule is CCCN1CCCC(O)(c2cc(F)cc(F)c2)CC1. The molecular formula is C15H21F2NO. The molecule has 1 aromatic rings. The third-order valence-corrected chi connectivity index (χ3v) is 3.85. The highest BCUT2D eigenvalue weighted by Gasteiger charge is 2.32. The third kappa shape index (κ3) is 3.51. The van der Waals surface area contributed by atoms with Crippen LogP contribution in [0.3, 0.4) is 0 Å². The Morgan fingerprint density at radius 3 is 2.47 bits per heavy atom. The Labute approximate surface area is 113 Å². The number of aliphatic hydroxyl groups is 1. The van der Waals surface area contributed by atoms with E-state index < -0.39 is 17.2 Å². The monoisotopic (exact) mass is 269 g/mol. The lowest BCUT2D eigenvalue weighted by Crippen LogP contribution is -2.29. The zero-order valence-electron chi connectivity index (χ0n) is 11.3. The Balaban J connectivity index is 2.17. The first kappa shape index (κ1) is 14.4. The topological polar surface area (TPSA) is 23.5 Å². The van der Waals surface area contributed by atoms with Crippen molar-refractivity contribution in [2.24, 2.45) is 0 Å². The van der Waals surface area contributed by atoms with Crippen LogP contribution in [0, 0.1) is 11.6 Å². The summed E-state index contributed by atoms with van der Waals surface area (Å²) < 4.78 is 26.6. The zero-order valence-corrected chi connectivity index (χ0v) is 11.3. The van der Waals surface area contributed by atoms with Gasteiger partial charge < -0.3 is 10.0 Å². The maximum Gasteiger partial charge on any atom is 0.126 e. The van der Waals surface area contributed by atoms with Crippen LogP contribution in [-0.2, 0) is 5.60 Å². The van der Waals surface area contributed by atoms with E-state index in [2.05, 4.69) is 11.8 Å². The molecule has 0 saturated carbocycles. The van der Waals surface area contributed by atoms with Gasteiger partial charge in [-0.05, 0) is 56.5 Å². The van der Waals surface area contributed by atoms with Gasteiger partial charge in [-0.3, -0.25) is 0 Å². The predicted octanol–water partition coefficient (Wildman–Crippen LogP) is 3.05. The minimum atomic E-state index is -1.11. The van der Waals surface area contributed by atoms with Crippen molar-refractivity contribution in [2.75, 3.05) is 19.6 Å². The van der Waals surface area contributed by atoms with Crippen molar-refractivity contribution < 1.29 is 13.9 Å². The van der Waals surface area contributed by atoms with Crippen molar-refractivity contribution in [3.63, 3.8) is 0 Å². The standard InChI is InChI=1S/C15H21F2NO/c1-2-6-18-7-3-4-15(19,5-8-18)12-9-13(16)11-14(17)10-12/h9-11,19H,2-8H2,1H3. The van der Waals surface area contributed by atoms with Gasteiger partial charge in [0.1, 0.15) is 11.6 Å². The first-order valence-electron chi connectivity index (χ1n) is 6.95. The minimum Gasteiger partial charge on any atom is -0.385 e. The summed E-state index contributed by atoms with van der Waals surface area (Å²) in [6.07, 6.45) is 2.99. The highest BCUT2D eigenvalue weighted by Crippen LogP contribution is 2.33. The fourth-order valence-electron chi connectivity index (χ4n) is 2.83. The van der Waals surface area contributed by atoms with Crippen molar-refractivity contribution in [2.45, 2.75) is 38.2 Å². The zero-order chi connectivity index (χ0) is 13.9. The molecule has 1 fully saturated rings. The summed E-state index contributed by atoms with van der Waals surface area (Å²) in [5.74, 6) is -1.25. The second-order valence-electron chi connectivity index (χ2n) is 5.38. The molecule has 1 atom stereocenters. The van der Waals surface area contributed by atoms with Gasteiger partial charge in [-0.1, -0.05) is 6.92 Å². The average molecular weight is 269 g/mol. The Morgan fingerprint density at radius 1 is 1.16 bits per heavy atom. The molecule has 2 rings (SSSR count). The highest BCUT2D eigenvalue weighted by molar-refractivity contribution is 5.24. The maximum atomic E-state index is 13.3. The van der Waals surface area contributed by atoms with Crippen LogP contribution in [0.2, 0.25) is 0 Å². The molecule has 2 nitrogen and oxygen atoms in total. The fraction of sp³-hybridized carbons (Fsp3) is 0.600. The quantitative estimate of drug-likeness (QED) is 0.911. The molecule has 4 heteroatoms. The van der Waals surface area contributed by atoms with Crippen molar-refractivity contribution >= 4 is 0 Å². The molecular weight excluding hydrogens is 248 g/mol. The van der Waals surface area contributed by atoms with Crippen molar-refractivity contribution in [3.8, 4) is 0 Å². The maximum absolute atomic E-state index is 13.3. The number of rotatable bonds is 3. The first-order valence-corrected chi connectivity index (χ1v) is 6.95. The van der Waals surface area contributed by atoms with Gasteiger partial charge in [-0.25, -0.2) is 8.78 Å². The van der Waals surface area contributed by atoms with E-state index >= 15 is 0 Å². The van der Waals surface area contributed by atoms with Crippen LogP contribution in [0.5, 0.6) is 0 Å². The molecule has 1 aliphatic rings. The van der Waals surface area contributed by atoms with E-state index in [0.717, 1.165) is 38.5 Å². The van der Waals surface area contributed by atoms with Crippen molar-refractivity contribution in [3.05, 3.63) is 35.4 Å². The van der Waals surface area contributed by atoms with Crippen LogP contribution in [0.4, 0.5) is 8.78 Å². The van der Waals surface area contributed by atoms with Gasteiger partial charge in [-0.15, -0.1) is 0 Å². The molecule has 1 aromatic carbocycles. The lowest BCUT2D eigenvalue weighted by atomic mass is 9.87. The van der Waals surface area contributed by atoms with E-state index in [1.54, 1.807) is 0 Å². The third-order valence-electron chi connectivity index (χ3n) is 3.85. The molecule has 1 N–H and O–H groups in total. The van der Waals surface area contributed by atoms with Gasteiger partial charge in [-0.2, -0.15) is 0 Å². The van der Waals surface area contributed by atoms with E-state index in [0.29, 0.717) is 18.4 Å². The number of hydrogen-bond donors (Lipinski definition) is 1. The number of nitrogens with zero attached hydrogens (tertiary/aromatic N) is 1. The lowest BCUT2D eigenvalue weighted by molar-refractivity contribution is 0.0206. The molecule has 1 saturated heterocycles. The fourth-order valence-corrected chi connectivity index (χ4v) is 2.83. The normalized spacial score (nSPS) is 25.3. The number of halogens is 2. The van der Waals surface area contributed by atoms with Crippen LogP contribution in [0.15, 0.2) is 18.2 Å². The summed E-state index contributed by atoms with van der Waals surface area (Å²) in [6.45, 7) is 4.84. The van der Waals surface area contributed by atoms with Crippen molar-refractivity contribution in [1.29, 1.82) is 0 Å². The second kappa shape index (κ2) is 5.97. The highest BCUT2D eigenvalue weighted by atomic mass is 19.1. The molecule has 0 radical (unpaired) electrons. The molecule has 0 amide bonds. The number of likely N-dealkylation sites (tertiary alicyclic amines) is 1. The Bertz CT molecular complexity index is 418. The molecule has 1 unspecified atom stereocenters. The molecule has 19 heavy (non-hydrogen) atoms. The van der Waals surface area contributed by atoms with E-state index in [9.17, 15) is 13.9 Å². The molecule has 106 valence electrons. The van der Waals surface area contributed by atoms with Crippen LogP contribution in [0.1, 0.15) is 38.2 Å². The smallest absolute Gasteiger partial charge is 0.126 e. The van der Waals surface area contributed by atoms with Gasteiger partial charge in [0.15, 0.2) is 0 Å². The summed E-state index contributed by atoms with van der Waals surface area (Å²) in [4.78, 5) is 2.30. The average Bonchev–Trinajstić information content (AvgIpc) is 2.52. The summed E-state index contributed by atoms with van der Waals surface area (Å²) in [6, 6.07) is 3.34. The van der Waals surface area contributed by atoms with Gasteiger partial charge in [0, 0.05) is 12.6 Å². The van der Waals surface area contributed by atoms with E-state index in [1.807, 2.05) is 0 Å². The van der Waals surface area contributed by atoms with Gasteiger partial charge in [0.2, 0.25) is 0 Å². The molecule has 0 spiro atoms. The van der Waals surface area contributed by atoms with Crippen LogP contribution < -0.4 is 0 Å². The molecule has 0 bridgehead atoms. The first-order chi connectivity index (χ1) is 9.03. The van der Waals surface area contributed by atoms with E-state index in [-0.39, 0.29) is 0 Å². The molecule has 1 aliphatic heterocycles. The number of benzene rings is 1. The minimum absolute atomic E-state index is 0.364. The number of hydrogen-bond acceptors (Lipinski definition) is 2. The summed E-state index contributed by atoms with van der Waals surface area (Å²) in [5, 5.41) is 10.7. The van der Waals surface area contributed by atoms with E-state index in [1.165, 1.54) is 12.1 Å². The summed E-state index contributed by atoms with van der Waals surface area (Å²) in [5.41, 5.74) is -0.742. The van der Waals surface area contributed by atoms with Crippen LogP contribution in [-0.4, -0.2) is 29.6 Å². The van der Waals surface area contributed by atoms with Gasteiger partial charge >= 0.3 is 0 Å². The Kier molecular flexibility index (Phi) is 4.53. The Hall–Kier alpha value is -1.00. The van der Waals surface area contributed by atoms with Crippen LogP contribution >= 0.6 is 0 Å². The molecule has 0 aliphatic carbocycles. The summed E-state index contributed by atoms with van der Waals surface area (Å²) in [7, 11) is 0. The summed E-state index contributed by atoms with van der Waals surface area (Å²) >= 11 is 0. The van der Waals surface area contributed by atoms with Gasteiger partial charge in [0.25, 0.3) is 0 Å². The lowest BCUT2D eigenvalue weighted by Gasteiger charge is -2.27. The second-order valence-corrected chi connectivity index (χ2v) is 5.38. The Morgan fingerprint density at radius 2 is 1.84 bits per heavy atom. The predicted molar refractivity (Wildman–Crippen MR) is 70.8 cm³/mol. The van der Waals surface area contributed by atoms with Crippen LogP contribution in [0.25, 0.3) is 0 Å². The largest absolute Gasteiger partial charge is 0.385 e. The van der Waals surface area contributed by atoms with Crippen molar-refractivity contribution in [1.82, 2.24) is 4.90 Å². The van der Waals surface area contributed by atoms with Gasteiger partial charge in [0.05, 0.1) is 5.60 Å².